The van der Waals surface area contributed by atoms with Crippen LogP contribution in [0.15, 0.2) is 36.5 Å². The zero-order valence-corrected chi connectivity index (χ0v) is 9.85. The molecule has 0 spiro atoms. The lowest BCUT2D eigenvalue weighted by Gasteiger charge is -1.92. The number of carbonyl (C=O) groups is 5. The number of hydrogen-bond acceptors (Lipinski definition) is 5. The van der Waals surface area contributed by atoms with Gasteiger partial charge in [0.1, 0.15) is 5.57 Å². The molecule has 0 unspecified atom stereocenters. The highest BCUT2D eigenvalue weighted by Gasteiger charge is 2.15. The summed E-state index contributed by atoms with van der Waals surface area (Å²) in [6.07, 6.45) is 2.18. The van der Waals surface area contributed by atoms with Crippen LogP contribution in [0.3, 0.4) is 0 Å². The van der Waals surface area contributed by atoms with E-state index in [9.17, 15) is 24.0 Å². The fourth-order valence-electron chi connectivity index (χ4n) is 0.614. The number of rotatable bonds is 6. The standard InChI is InChI=1S/C7H6O5.C4H4O4/c1-2-5(8)4(7(11)12)3-6(9)10;5-3(6)1-2-4(7)8/h2-3H,1H2,(H,9,10)(H,11,12);1-2H,(H,5,6)(H,7,8)/b4-3-;2-1-. The van der Waals surface area contributed by atoms with Gasteiger partial charge in [-0.1, -0.05) is 6.58 Å². The summed E-state index contributed by atoms with van der Waals surface area (Å²) < 4.78 is 0. The summed E-state index contributed by atoms with van der Waals surface area (Å²) in [5.41, 5.74) is -0.808. The van der Waals surface area contributed by atoms with E-state index < -0.39 is 35.2 Å². The SMILES string of the molecule is C=CC(=O)/C(=C/C(=O)O)C(=O)O.O=C(O)/C=C\C(=O)O. The molecule has 0 aromatic heterocycles. The molecule has 9 heteroatoms. The minimum atomic E-state index is -1.58. The maximum Gasteiger partial charge on any atom is 0.339 e. The molecule has 0 aromatic carbocycles. The predicted molar refractivity (Wildman–Crippen MR) is 63.0 cm³/mol. The van der Waals surface area contributed by atoms with Crippen molar-refractivity contribution < 1.29 is 44.4 Å². The van der Waals surface area contributed by atoms with Crippen LogP contribution >= 0.6 is 0 Å². The van der Waals surface area contributed by atoms with Crippen LogP contribution in [0, 0.1) is 0 Å². The number of aliphatic carboxylic acids is 4. The summed E-state index contributed by atoms with van der Waals surface area (Å²) in [6.45, 7) is 3.02. The second-order valence-corrected chi connectivity index (χ2v) is 2.78. The highest BCUT2D eigenvalue weighted by molar-refractivity contribution is 6.23. The van der Waals surface area contributed by atoms with Crippen molar-refractivity contribution in [2.45, 2.75) is 0 Å². The Kier molecular flexibility index (Phi) is 9.33. The molecule has 4 N–H and O–H groups in total. The van der Waals surface area contributed by atoms with E-state index in [1.54, 1.807) is 0 Å². The van der Waals surface area contributed by atoms with Crippen LogP contribution in [-0.4, -0.2) is 50.1 Å². The maximum absolute atomic E-state index is 10.7. The Morgan fingerprint density at radius 2 is 1.15 bits per heavy atom. The molecule has 0 heterocycles. The number of carboxylic acids is 4. The molecule has 0 fully saturated rings. The highest BCUT2D eigenvalue weighted by atomic mass is 16.4. The van der Waals surface area contributed by atoms with E-state index in [0.29, 0.717) is 18.2 Å². The van der Waals surface area contributed by atoms with Crippen LogP contribution in [0.1, 0.15) is 0 Å². The number of carboxylic acid groups (broad SMARTS) is 4. The quantitative estimate of drug-likeness (QED) is 0.287. The third-order valence-electron chi connectivity index (χ3n) is 1.32. The lowest BCUT2D eigenvalue weighted by molar-refractivity contribution is -0.136. The van der Waals surface area contributed by atoms with Crippen LogP contribution in [0.4, 0.5) is 0 Å². The van der Waals surface area contributed by atoms with Crippen molar-refractivity contribution in [1.82, 2.24) is 0 Å². The summed E-state index contributed by atoms with van der Waals surface area (Å²) >= 11 is 0. The van der Waals surface area contributed by atoms with E-state index in [4.69, 9.17) is 20.4 Å². The first kappa shape index (κ1) is 19.1. The number of carbonyl (C=O) groups excluding carboxylic acids is 1. The molecule has 0 aliphatic heterocycles. The van der Waals surface area contributed by atoms with Crippen LogP contribution < -0.4 is 0 Å². The fourth-order valence-corrected chi connectivity index (χ4v) is 0.614. The lowest BCUT2D eigenvalue weighted by Crippen LogP contribution is -2.11. The Morgan fingerprint density at radius 3 is 1.35 bits per heavy atom. The van der Waals surface area contributed by atoms with Gasteiger partial charge in [0.05, 0.1) is 0 Å². The van der Waals surface area contributed by atoms with Crippen molar-refractivity contribution in [3.05, 3.63) is 36.5 Å². The smallest absolute Gasteiger partial charge is 0.339 e. The van der Waals surface area contributed by atoms with Gasteiger partial charge in [0.25, 0.3) is 0 Å². The molecular weight excluding hydrogens is 276 g/mol. The molecule has 0 amide bonds. The van der Waals surface area contributed by atoms with Gasteiger partial charge in [0.2, 0.25) is 0 Å². The van der Waals surface area contributed by atoms with E-state index >= 15 is 0 Å². The van der Waals surface area contributed by atoms with Gasteiger partial charge in [0, 0.05) is 18.2 Å². The zero-order chi connectivity index (χ0) is 16.3. The number of ketones is 1. The monoisotopic (exact) mass is 286 g/mol. The molecule has 20 heavy (non-hydrogen) atoms. The molecule has 0 bridgehead atoms. The predicted octanol–water partition coefficient (Wildman–Crippen LogP) is -0.451. The molecule has 0 aliphatic rings. The summed E-state index contributed by atoms with van der Waals surface area (Å²) in [4.78, 5) is 50.0. The Morgan fingerprint density at radius 1 is 0.750 bits per heavy atom. The lowest BCUT2D eigenvalue weighted by atomic mass is 10.1. The minimum Gasteiger partial charge on any atom is -0.478 e. The van der Waals surface area contributed by atoms with Gasteiger partial charge in [-0.3, -0.25) is 4.79 Å². The van der Waals surface area contributed by atoms with Crippen molar-refractivity contribution >= 4 is 29.7 Å². The first-order valence-corrected chi connectivity index (χ1v) is 4.60. The maximum atomic E-state index is 10.7. The van der Waals surface area contributed by atoms with E-state index in [2.05, 4.69) is 6.58 Å². The van der Waals surface area contributed by atoms with E-state index in [1.807, 2.05) is 0 Å². The summed E-state index contributed by atoms with van der Waals surface area (Å²) in [6, 6.07) is 0. The Balaban J connectivity index is 0. The van der Waals surface area contributed by atoms with Crippen molar-refractivity contribution in [3.63, 3.8) is 0 Å². The van der Waals surface area contributed by atoms with Gasteiger partial charge < -0.3 is 20.4 Å². The number of allylic oxidation sites excluding steroid dienone is 1. The third kappa shape index (κ3) is 11.3. The molecule has 0 rings (SSSR count). The summed E-state index contributed by atoms with van der Waals surface area (Å²) in [5.74, 6) is -6.50. The van der Waals surface area contributed by atoms with Gasteiger partial charge in [-0.15, -0.1) is 0 Å². The molecular formula is C11H10O9. The average Bonchev–Trinajstić information content (AvgIpc) is 2.32. The topological polar surface area (TPSA) is 166 Å². The fraction of sp³-hybridized carbons (Fsp3) is 0. The number of hydrogen-bond donors (Lipinski definition) is 4. The van der Waals surface area contributed by atoms with E-state index in [1.165, 1.54) is 0 Å². The molecule has 0 aliphatic carbocycles. The van der Waals surface area contributed by atoms with Crippen LogP contribution in [0.2, 0.25) is 0 Å². The van der Waals surface area contributed by atoms with Crippen molar-refractivity contribution in [2.75, 3.05) is 0 Å². The molecule has 0 saturated heterocycles. The normalized spacial score (nSPS) is 10.1. The average molecular weight is 286 g/mol. The molecule has 0 atom stereocenters. The minimum absolute atomic E-state index is 0.326. The highest BCUT2D eigenvalue weighted by Crippen LogP contribution is 1.97. The van der Waals surface area contributed by atoms with E-state index in [-0.39, 0.29) is 0 Å². The molecule has 0 saturated carbocycles. The zero-order valence-electron chi connectivity index (χ0n) is 9.85. The molecule has 0 aromatic rings. The van der Waals surface area contributed by atoms with Crippen LogP contribution in [0.5, 0.6) is 0 Å². The Hall–Kier alpha value is -3.23. The van der Waals surface area contributed by atoms with E-state index in [0.717, 1.165) is 6.08 Å². The van der Waals surface area contributed by atoms with Crippen molar-refractivity contribution in [2.24, 2.45) is 0 Å². The van der Waals surface area contributed by atoms with Crippen molar-refractivity contribution in [3.8, 4) is 0 Å². The van der Waals surface area contributed by atoms with Crippen LogP contribution in [0.25, 0.3) is 0 Å². The van der Waals surface area contributed by atoms with Gasteiger partial charge in [-0.2, -0.15) is 0 Å². The van der Waals surface area contributed by atoms with Crippen molar-refractivity contribution in [1.29, 1.82) is 0 Å². The summed E-state index contributed by atoms with van der Waals surface area (Å²) in [5, 5.41) is 32.1. The second-order valence-electron chi connectivity index (χ2n) is 2.78. The van der Waals surface area contributed by atoms with Gasteiger partial charge in [-0.25, -0.2) is 19.2 Å². The second kappa shape index (κ2) is 9.76. The first-order valence-electron chi connectivity index (χ1n) is 4.60. The molecule has 9 nitrogen and oxygen atoms in total. The largest absolute Gasteiger partial charge is 0.478 e. The van der Waals surface area contributed by atoms with Gasteiger partial charge in [0.15, 0.2) is 5.78 Å². The Bertz CT molecular complexity index is 480. The van der Waals surface area contributed by atoms with Crippen LogP contribution in [-0.2, 0) is 24.0 Å². The molecule has 108 valence electrons. The third-order valence-corrected chi connectivity index (χ3v) is 1.32. The first-order chi connectivity index (χ1) is 9.11. The molecule has 0 radical (unpaired) electrons. The van der Waals surface area contributed by atoms with Gasteiger partial charge in [-0.05, 0) is 6.08 Å². The van der Waals surface area contributed by atoms with Gasteiger partial charge >= 0.3 is 23.9 Å². The Labute approximate surface area is 111 Å². The summed E-state index contributed by atoms with van der Waals surface area (Å²) in [7, 11) is 0.